The van der Waals surface area contributed by atoms with Gasteiger partial charge in [-0.2, -0.15) is 4.31 Å². The third-order valence-corrected chi connectivity index (χ3v) is 7.62. The second-order valence-corrected chi connectivity index (χ2v) is 9.35. The molecule has 0 aromatic heterocycles. The molecule has 2 aliphatic rings. The first-order valence-corrected chi connectivity index (χ1v) is 11.6. The number of hydrogen-bond acceptors (Lipinski definition) is 6. The van der Waals surface area contributed by atoms with Crippen molar-refractivity contribution in [3.05, 3.63) is 18.2 Å². The van der Waals surface area contributed by atoms with Crippen molar-refractivity contribution < 1.29 is 22.7 Å². The van der Waals surface area contributed by atoms with Crippen molar-refractivity contribution in [3.8, 4) is 11.5 Å². The molecular weight excluding hydrogens is 394 g/mol. The molecule has 1 saturated heterocycles. The van der Waals surface area contributed by atoms with Gasteiger partial charge in [-0.25, -0.2) is 8.42 Å². The quantitative estimate of drug-likeness (QED) is 0.712. The molecule has 3 rings (SSSR count). The predicted molar refractivity (Wildman–Crippen MR) is 110 cm³/mol. The highest BCUT2D eigenvalue weighted by molar-refractivity contribution is 7.89. The molecule has 9 heteroatoms. The van der Waals surface area contributed by atoms with E-state index in [0.29, 0.717) is 18.8 Å². The van der Waals surface area contributed by atoms with E-state index in [0.717, 1.165) is 45.2 Å². The molecule has 1 aliphatic carbocycles. The van der Waals surface area contributed by atoms with Gasteiger partial charge in [0.2, 0.25) is 15.9 Å². The number of ether oxygens (including phenoxy) is 2. The third-order valence-electron chi connectivity index (χ3n) is 5.70. The number of carbonyl (C=O) groups excluding carboxylic acids is 1. The molecule has 1 saturated carbocycles. The lowest BCUT2D eigenvalue weighted by atomic mass is 9.95. The van der Waals surface area contributed by atoms with Crippen LogP contribution in [0.25, 0.3) is 0 Å². The van der Waals surface area contributed by atoms with Crippen LogP contribution in [0.1, 0.15) is 32.1 Å². The van der Waals surface area contributed by atoms with Crippen molar-refractivity contribution in [3.63, 3.8) is 0 Å². The standard InChI is InChI=1S/C20H31N3O5S/c1-27-17-8-9-18(28-2)19(14-17)29(25,26)23(16-6-4-3-5-7-16)15-20(24)22-12-10-21-11-13-22/h8-9,14,16,21H,3-7,10-13,15H2,1-2H3. The average molecular weight is 426 g/mol. The van der Waals surface area contributed by atoms with E-state index in [1.807, 2.05) is 0 Å². The van der Waals surface area contributed by atoms with Gasteiger partial charge in [-0.05, 0) is 25.0 Å². The Balaban J connectivity index is 1.94. The third kappa shape index (κ3) is 5.02. The average Bonchev–Trinajstić information content (AvgIpc) is 2.77. The molecular formula is C20H31N3O5S. The monoisotopic (exact) mass is 425 g/mol. The Hall–Kier alpha value is -1.84. The van der Waals surface area contributed by atoms with E-state index in [2.05, 4.69) is 5.32 Å². The number of piperazine rings is 1. The highest BCUT2D eigenvalue weighted by Crippen LogP contribution is 2.34. The molecule has 1 amide bonds. The van der Waals surface area contributed by atoms with Crippen LogP contribution >= 0.6 is 0 Å². The number of carbonyl (C=O) groups is 1. The van der Waals surface area contributed by atoms with Gasteiger partial charge in [-0.15, -0.1) is 0 Å². The van der Waals surface area contributed by atoms with E-state index in [-0.39, 0.29) is 29.1 Å². The Bertz CT molecular complexity index is 802. The molecule has 0 spiro atoms. The number of sulfonamides is 1. The van der Waals surface area contributed by atoms with Crippen LogP contribution in [0, 0.1) is 0 Å². The zero-order valence-electron chi connectivity index (χ0n) is 17.2. The number of methoxy groups -OCH3 is 2. The number of rotatable bonds is 7. The van der Waals surface area contributed by atoms with Crippen molar-refractivity contribution in [1.82, 2.24) is 14.5 Å². The molecule has 0 unspecified atom stereocenters. The number of hydrogen-bond donors (Lipinski definition) is 1. The van der Waals surface area contributed by atoms with Gasteiger partial charge in [0.15, 0.2) is 0 Å². The van der Waals surface area contributed by atoms with Crippen LogP contribution in [0.2, 0.25) is 0 Å². The molecule has 2 fully saturated rings. The van der Waals surface area contributed by atoms with Crippen LogP contribution in [0.3, 0.4) is 0 Å². The first-order chi connectivity index (χ1) is 14.0. The fourth-order valence-electron chi connectivity index (χ4n) is 4.04. The maximum Gasteiger partial charge on any atom is 0.247 e. The van der Waals surface area contributed by atoms with Crippen LogP contribution < -0.4 is 14.8 Å². The van der Waals surface area contributed by atoms with Gasteiger partial charge in [0.25, 0.3) is 0 Å². The Labute approximate surface area is 173 Å². The summed E-state index contributed by atoms with van der Waals surface area (Å²) in [4.78, 5) is 14.7. The maximum absolute atomic E-state index is 13.7. The summed E-state index contributed by atoms with van der Waals surface area (Å²) in [6.45, 7) is 2.50. The van der Waals surface area contributed by atoms with Crippen LogP contribution in [-0.4, -0.2) is 76.5 Å². The minimum atomic E-state index is -3.94. The molecule has 1 aromatic carbocycles. The van der Waals surface area contributed by atoms with Gasteiger partial charge >= 0.3 is 0 Å². The Morgan fingerprint density at radius 3 is 2.45 bits per heavy atom. The van der Waals surface area contributed by atoms with Gasteiger partial charge in [-0.3, -0.25) is 4.79 Å². The summed E-state index contributed by atoms with van der Waals surface area (Å²) >= 11 is 0. The largest absolute Gasteiger partial charge is 0.497 e. The summed E-state index contributed by atoms with van der Waals surface area (Å²) in [6.07, 6.45) is 4.56. The van der Waals surface area contributed by atoms with Crippen LogP contribution in [0.15, 0.2) is 23.1 Å². The molecule has 1 aromatic rings. The lowest BCUT2D eigenvalue weighted by molar-refractivity contribution is -0.132. The predicted octanol–water partition coefficient (Wildman–Crippen LogP) is 1.46. The van der Waals surface area contributed by atoms with E-state index < -0.39 is 10.0 Å². The van der Waals surface area contributed by atoms with E-state index in [9.17, 15) is 13.2 Å². The smallest absolute Gasteiger partial charge is 0.247 e. The lowest BCUT2D eigenvalue weighted by Gasteiger charge is -2.35. The first kappa shape index (κ1) is 21.9. The molecule has 8 nitrogen and oxygen atoms in total. The SMILES string of the molecule is COc1ccc(OC)c(S(=O)(=O)N(CC(=O)N2CCNCC2)C2CCCCC2)c1. The molecule has 162 valence electrons. The Morgan fingerprint density at radius 2 is 1.83 bits per heavy atom. The van der Waals surface area contributed by atoms with Crippen molar-refractivity contribution in [2.45, 2.75) is 43.0 Å². The molecule has 0 radical (unpaired) electrons. The van der Waals surface area contributed by atoms with Crippen molar-refractivity contribution >= 4 is 15.9 Å². The molecule has 0 atom stereocenters. The van der Waals surface area contributed by atoms with Gasteiger partial charge < -0.3 is 19.7 Å². The summed E-state index contributed by atoms with van der Waals surface area (Å²) in [5.41, 5.74) is 0. The molecule has 1 N–H and O–H groups in total. The summed E-state index contributed by atoms with van der Waals surface area (Å²) in [7, 11) is -1.01. The highest BCUT2D eigenvalue weighted by atomic mass is 32.2. The number of amides is 1. The van der Waals surface area contributed by atoms with Crippen molar-refractivity contribution in [2.75, 3.05) is 46.9 Å². The van der Waals surface area contributed by atoms with Gasteiger partial charge in [0, 0.05) is 38.3 Å². The minimum absolute atomic E-state index is 0.0398. The fraction of sp³-hybridized carbons (Fsp3) is 0.650. The maximum atomic E-state index is 13.7. The van der Waals surface area contributed by atoms with Crippen molar-refractivity contribution in [2.24, 2.45) is 0 Å². The number of benzene rings is 1. The summed E-state index contributed by atoms with van der Waals surface area (Å²) in [5, 5.41) is 3.21. The molecule has 1 aliphatic heterocycles. The normalized spacial score (nSPS) is 18.7. The van der Waals surface area contributed by atoms with Gasteiger partial charge in [-0.1, -0.05) is 19.3 Å². The van der Waals surface area contributed by atoms with E-state index in [4.69, 9.17) is 9.47 Å². The number of nitrogens with one attached hydrogen (secondary N) is 1. The molecule has 0 bridgehead atoms. The Morgan fingerprint density at radius 1 is 1.14 bits per heavy atom. The first-order valence-electron chi connectivity index (χ1n) is 10.2. The zero-order valence-corrected chi connectivity index (χ0v) is 18.0. The molecule has 1 heterocycles. The van der Waals surface area contributed by atoms with Gasteiger partial charge in [0.05, 0.1) is 20.8 Å². The van der Waals surface area contributed by atoms with Gasteiger partial charge in [0.1, 0.15) is 16.4 Å². The molecule has 29 heavy (non-hydrogen) atoms. The summed E-state index contributed by atoms with van der Waals surface area (Å²) in [6, 6.07) is 4.54. The summed E-state index contributed by atoms with van der Waals surface area (Å²) < 4.78 is 39.4. The number of nitrogens with zero attached hydrogens (tertiary/aromatic N) is 2. The Kier molecular flexibility index (Phi) is 7.37. The highest BCUT2D eigenvalue weighted by Gasteiger charge is 2.37. The van der Waals surface area contributed by atoms with Crippen LogP contribution in [0.5, 0.6) is 11.5 Å². The lowest BCUT2D eigenvalue weighted by Crippen LogP contribution is -2.52. The van der Waals surface area contributed by atoms with Crippen molar-refractivity contribution in [1.29, 1.82) is 0 Å². The fourth-order valence-corrected chi connectivity index (χ4v) is 5.85. The minimum Gasteiger partial charge on any atom is -0.497 e. The zero-order chi connectivity index (χ0) is 20.9. The van der Waals surface area contributed by atoms with E-state index in [1.165, 1.54) is 24.6 Å². The second kappa shape index (κ2) is 9.77. The van der Waals surface area contributed by atoms with Crippen LogP contribution in [-0.2, 0) is 14.8 Å². The van der Waals surface area contributed by atoms with E-state index >= 15 is 0 Å². The van der Waals surface area contributed by atoms with Crippen LogP contribution in [0.4, 0.5) is 0 Å². The second-order valence-electron chi connectivity index (χ2n) is 7.49. The summed E-state index contributed by atoms with van der Waals surface area (Å²) in [5.74, 6) is 0.533. The topological polar surface area (TPSA) is 88.2 Å². The van der Waals surface area contributed by atoms with E-state index in [1.54, 1.807) is 17.0 Å².